The summed E-state index contributed by atoms with van der Waals surface area (Å²) in [5.41, 5.74) is 11.7. The van der Waals surface area contributed by atoms with Gasteiger partial charge in [-0.1, -0.05) is 133 Å². The van der Waals surface area contributed by atoms with Crippen LogP contribution in [0.1, 0.15) is 0 Å². The molecular weight excluding hydrogens is 581 g/mol. The zero-order chi connectivity index (χ0) is 31.9. The summed E-state index contributed by atoms with van der Waals surface area (Å²) < 4.78 is 2.40. The first kappa shape index (κ1) is 27.9. The van der Waals surface area contributed by atoms with Crippen molar-refractivity contribution in [3.05, 3.63) is 194 Å². The van der Waals surface area contributed by atoms with Crippen LogP contribution in [-0.2, 0) is 0 Å². The monoisotopic (exact) mass is 612 g/mol. The highest BCUT2D eigenvalue weighted by atomic mass is 15.1. The van der Waals surface area contributed by atoms with Crippen LogP contribution in [0, 0.1) is 0 Å². The van der Waals surface area contributed by atoms with Crippen molar-refractivity contribution in [2.24, 2.45) is 0 Å². The molecule has 0 saturated carbocycles. The number of hydrogen-bond donors (Lipinski definition) is 0. The summed E-state index contributed by atoms with van der Waals surface area (Å²) >= 11 is 0. The highest BCUT2D eigenvalue weighted by molar-refractivity contribution is 6.16. The number of hydrogen-bond acceptors (Lipinski definition) is 1. The first-order valence-electron chi connectivity index (χ1n) is 16.4. The van der Waals surface area contributed by atoms with E-state index in [0.29, 0.717) is 0 Å². The van der Waals surface area contributed by atoms with Crippen molar-refractivity contribution in [1.29, 1.82) is 0 Å². The van der Waals surface area contributed by atoms with Gasteiger partial charge in [-0.3, -0.25) is 0 Å². The van der Waals surface area contributed by atoms with Crippen LogP contribution >= 0.6 is 0 Å². The summed E-state index contributed by atoms with van der Waals surface area (Å²) in [6.45, 7) is 0. The van der Waals surface area contributed by atoms with Gasteiger partial charge in [0.15, 0.2) is 0 Å². The summed E-state index contributed by atoms with van der Waals surface area (Å²) in [6.07, 6.45) is 0. The number of rotatable bonds is 6. The Kier molecular flexibility index (Phi) is 6.84. The van der Waals surface area contributed by atoms with Crippen molar-refractivity contribution in [2.75, 3.05) is 4.90 Å². The van der Waals surface area contributed by atoms with Crippen molar-refractivity contribution in [3.8, 4) is 27.9 Å². The molecule has 1 heterocycles. The zero-order valence-electron chi connectivity index (χ0n) is 26.4. The van der Waals surface area contributed by atoms with Crippen molar-refractivity contribution >= 4 is 49.6 Å². The molecule has 9 rings (SSSR count). The Labute approximate surface area is 280 Å². The summed E-state index contributed by atoms with van der Waals surface area (Å²) in [4.78, 5) is 2.40. The lowest BCUT2D eigenvalue weighted by molar-refractivity contribution is 1.18. The van der Waals surface area contributed by atoms with Gasteiger partial charge in [0.05, 0.1) is 11.0 Å². The smallest absolute Gasteiger partial charge is 0.0547 e. The number of anilines is 3. The first-order valence-corrected chi connectivity index (χ1v) is 16.4. The molecule has 2 heteroatoms. The summed E-state index contributed by atoms with van der Waals surface area (Å²) in [7, 11) is 0. The number of para-hydroxylation sites is 1. The second kappa shape index (κ2) is 11.8. The van der Waals surface area contributed by atoms with Crippen LogP contribution in [0.25, 0.3) is 60.5 Å². The standard InChI is InChI=1S/C46H32N2/c1-4-14-33(15-5-1)37-20-12-23-39(30-37)47(40-27-26-34-16-10-11-19-36(34)31-40)41-28-29-44-43(32-41)46-42(35-17-6-2-7-18-35)24-13-25-45(46)48(44)38-21-8-3-9-22-38/h1-32H. The van der Waals surface area contributed by atoms with E-state index in [1.807, 2.05) is 0 Å². The van der Waals surface area contributed by atoms with Gasteiger partial charge in [-0.2, -0.15) is 0 Å². The van der Waals surface area contributed by atoms with E-state index in [9.17, 15) is 0 Å². The number of benzene rings is 8. The first-order chi connectivity index (χ1) is 23.8. The van der Waals surface area contributed by atoms with Gasteiger partial charge in [0.1, 0.15) is 0 Å². The zero-order valence-corrected chi connectivity index (χ0v) is 26.4. The molecule has 0 N–H and O–H groups in total. The second-order valence-electron chi connectivity index (χ2n) is 12.2. The molecular formula is C46H32N2. The van der Waals surface area contributed by atoms with Gasteiger partial charge < -0.3 is 9.47 Å². The SMILES string of the molecule is c1ccc(-c2cccc(N(c3ccc4ccccc4c3)c3ccc4c(c3)c3c(-c5ccccc5)cccc3n4-c3ccccc3)c2)cc1. The highest BCUT2D eigenvalue weighted by Gasteiger charge is 2.20. The van der Waals surface area contributed by atoms with E-state index in [0.717, 1.165) is 22.7 Å². The molecule has 0 fully saturated rings. The topological polar surface area (TPSA) is 8.17 Å². The summed E-state index contributed by atoms with van der Waals surface area (Å²) in [5, 5.41) is 4.91. The molecule has 0 aliphatic rings. The Bertz CT molecular complexity index is 2550. The minimum absolute atomic E-state index is 1.11. The lowest BCUT2D eigenvalue weighted by atomic mass is 9.99. The van der Waals surface area contributed by atoms with Crippen LogP contribution in [0.2, 0.25) is 0 Å². The normalized spacial score (nSPS) is 11.3. The molecule has 0 aliphatic heterocycles. The Morgan fingerprint density at radius 3 is 1.75 bits per heavy atom. The third-order valence-corrected chi connectivity index (χ3v) is 9.33. The predicted molar refractivity (Wildman–Crippen MR) is 204 cm³/mol. The van der Waals surface area contributed by atoms with Crippen molar-refractivity contribution in [2.45, 2.75) is 0 Å². The van der Waals surface area contributed by atoms with Gasteiger partial charge in [0.25, 0.3) is 0 Å². The summed E-state index contributed by atoms with van der Waals surface area (Å²) in [5.74, 6) is 0. The van der Waals surface area contributed by atoms with E-state index >= 15 is 0 Å². The maximum Gasteiger partial charge on any atom is 0.0547 e. The van der Waals surface area contributed by atoms with Gasteiger partial charge in [-0.25, -0.2) is 0 Å². The predicted octanol–water partition coefficient (Wildman–Crippen LogP) is 12.7. The molecule has 0 spiro atoms. The molecule has 48 heavy (non-hydrogen) atoms. The van der Waals surface area contributed by atoms with Crippen molar-refractivity contribution in [1.82, 2.24) is 4.57 Å². The van der Waals surface area contributed by atoms with Crippen LogP contribution in [0.4, 0.5) is 17.1 Å². The van der Waals surface area contributed by atoms with Crippen LogP contribution in [0.15, 0.2) is 194 Å². The largest absolute Gasteiger partial charge is 0.310 e. The van der Waals surface area contributed by atoms with Crippen LogP contribution in [0.5, 0.6) is 0 Å². The fourth-order valence-corrected chi connectivity index (χ4v) is 7.13. The summed E-state index contributed by atoms with van der Waals surface area (Å²) in [6, 6.07) is 69.9. The third-order valence-electron chi connectivity index (χ3n) is 9.33. The van der Waals surface area contributed by atoms with E-state index in [1.165, 1.54) is 54.8 Å². The Morgan fingerprint density at radius 1 is 0.354 bits per heavy atom. The van der Waals surface area contributed by atoms with Crippen LogP contribution in [-0.4, -0.2) is 4.57 Å². The molecule has 0 unspecified atom stereocenters. The van der Waals surface area contributed by atoms with Gasteiger partial charge in [0, 0.05) is 33.5 Å². The van der Waals surface area contributed by atoms with E-state index in [2.05, 4.69) is 204 Å². The molecule has 1 aromatic heterocycles. The van der Waals surface area contributed by atoms with E-state index in [4.69, 9.17) is 0 Å². The quantitative estimate of drug-likeness (QED) is 0.181. The molecule has 8 aromatic carbocycles. The van der Waals surface area contributed by atoms with Crippen molar-refractivity contribution < 1.29 is 0 Å². The van der Waals surface area contributed by atoms with Gasteiger partial charge in [-0.15, -0.1) is 0 Å². The number of aromatic nitrogens is 1. The van der Waals surface area contributed by atoms with Gasteiger partial charge >= 0.3 is 0 Å². The number of fused-ring (bicyclic) bond motifs is 4. The van der Waals surface area contributed by atoms with E-state index in [1.54, 1.807) is 0 Å². The fourth-order valence-electron chi connectivity index (χ4n) is 7.13. The van der Waals surface area contributed by atoms with E-state index < -0.39 is 0 Å². The molecule has 0 radical (unpaired) electrons. The molecule has 2 nitrogen and oxygen atoms in total. The number of nitrogens with zero attached hydrogens (tertiary/aromatic N) is 2. The maximum absolute atomic E-state index is 2.40. The lowest BCUT2D eigenvalue weighted by Gasteiger charge is -2.26. The third kappa shape index (κ3) is 4.83. The Hall–Kier alpha value is -6.38. The molecule has 0 aliphatic carbocycles. The average Bonchev–Trinajstić information content (AvgIpc) is 3.50. The Morgan fingerprint density at radius 2 is 0.958 bits per heavy atom. The fraction of sp³-hybridized carbons (Fsp3) is 0. The molecule has 0 saturated heterocycles. The highest BCUT2D eigenvalue weighted by Crippen LogP contribution is 2.43. The second-order valence-corrected chi connectivity index (χ2v) is 12.2. The molecule has 0 amide bonds. The minimum atomic E-state index is 1.11. The molecule has 0 atom stereocenters. The van der Waals surface area contributed by atoms with Gasteiger partial charge in [-0.05, 0) is 93.7 Å². The van der Waals surface area contributed by atoms with Crippen LogP contribution < -0.4 is 4.90 Å². The van der Waals surface area contributed by atoms with Gasteiger partial charge in [0.2, 0.25) is 0 Å². The minimum Gasteiger partial charge on any atom is -0.310 e. The molecule has 226 valence electrons. The Balaban J connectivity index is 1.33. The lowest BCUT2D eigenvalue weighted by Crippen LogP contribution is -2.10. The molecule has 0 bridgehead atoms. The maximum atomic E-state index is 2.40. The van der Waals surface area contributed by atoms with Crippen LogP contribution in [0.3, 0.4) is 0 Å². The van der Waals surface area contributed by atoms with Crippen molar-refractivity contribution in [3.63, 3.8) is 0 Å². The van der Waals surface area contributed by atoms with E-state index in [-0.39, 0.29) is 0 Å². The average molecular weight is 613 g/mol. The molecule has 9 aromatic rings.